The fourth-order valence-electron chi connectivity index (χ4n) is 1.49. The highest BCUT2D eigenvalue weighted by molar-refractivity contribution is 7.12. The van der Waals surface area contributed by atoms with Crippen LogP contribution in [0.3, 0.4) is 0 Å². The van der Waals surface area contributed by atoms with E-state index in [9.17, 15) is 4.79 Å². The third-order valence-corrected chi connectivity index (χ3v) is 3.37. The zero-order chi connectivity index (χ0) is 12.7. The molecule has 1 aromatic heterocycles. The van der Waals surface area contributed by atoms with Gasteiger partial charge in [-0.15, -0.1) is 11.3 Å². The molecule has 0 aromatic carbocycles. The molecule has 0 atom stereocenters. The van der Waals surface area contributed by atoms with Crippen LogP contribution in [0.2, 0.25) is 0 Å². The first-order chi connectivity index (χ1) is 8.15. The Kier molecular flexibility index (Phi) is 6.18. The fourth-order valence-corrected chi connectivity index (χ4v) is 2.30. The molecule has 0 radical (unpaired) electrons. The van der Waals surface area contributed by atoms with Gasteiger partial charge in [-0.3, -0.25) is 10.2 Å². The normalized spacial score (nSPS) is 10.8. The Morgan fingerprint density at radius 3 is 3.00 bits per heavy atom. The van der Waals surface area contributed by atoms with E-state index in [1.54, 1.807) is 0 Å². The molecule has 0 unspecified atom stereocenters. The first-order valence-electron chi connectivity index (χ1n) is 5.80. The van der Waals surface area contributed by atoms with Crippen LogP contribution in [0.1, 0.15) is 41.9 Å². The monoisotopic (exact) mass is 256 g/mol. The third-order valence-electron chi connectivity index (χ3n) is 2.41. The Labute approximate surface area is 106 Å². The van der Waals surface area contributed by atoms with Crippen molar-refractivity contribution in [1.29, 1.82) is 0 Å². The van der Waals surface area contributed by atoms with Crippen molar-refractivity contribution in [2.75, 3.05) is 6.61 Å². The van der Waals surface area contributed by atoms with E-state index in [2.05, 4.69) is 19.3 Å². The van der Waals surface area contributed by atoms with E-state index in [0.717, 1.165) is 18.6 Å². The van der Waals surface area contributed by atoms with Crippen LogP contribution >= 0.6 is 11.3 Å². The number of nitrogens with one attached hydrogen (secondary N) is 1. The van der Waals surface area contributed by atoms with Gasteiger partial charge in [-0.1, -0.05) is 13.8 Å². The Hall–Kier alpha value is -0.910. The molecule has 0 aliphatic heterocycles. The molecule has 17 heavy (non-hydrogen) atoms. The van der Waals surface area contributed by atoms with Crippen molar-refractivity contribution in [3.63, 3.8) is 0 Å². The average Bonchev–Trinajstić information content (AvgIpc) is 2.75. The lowest BCUT2D eigenvalue weighted by molar-refractivity contribution is 0.0942. The van der Waals surface area contributed by atoms with Gasteiger partial charge in [-0.05, 0) is 30.2 Å². The first kappa shape index (κ1) is 14.2. The molecule has 96 valence electrons. The molecule has 4 nitrogen and oxygen atoms in total. The van der Waals surface area contributed by atoms with Crippen molar-refractivity contribution < 1.29 is 9.53 Å². The summed E-state index contributed by atoms with van der Waals surface area (Å²) in [6, 6.07) is 1.90. The fraction of sp³-hybridized carbons (Fsp3) is 0.583. The second-order valence-electron chi connectivity index (χ2n) is 4.34. The molecule has 0 spiro atoms. The number of hydrogen-bond donors (Lipinski definition) is 2. The van der Waals surface area contributed by atoms with Crippen molar-refractivity contribution in [1.82, 2.24) is 5.43 Å². The minimum atomic E-state index is -0.249. The van der Waals surface area contributed by atoms with Gasteiger partial charge >= 0.3 is 0 Å². The maximum atomic E-state index is 11.4. The number of hydrazine groups is 1. The number of carbonyl (C=O) groups is 1. The zero-order valence-corrected chi connectivity index (χ0v) is 11.2. The van der Waals surface area contributed by atoms with Gasteiger partial charge in [0.2, 0.25) is 0 Å². The quantitative estimate of drug-likeness (QED) is 0.340. The molecule has 1 rings (SSSR count). The predicted molar refractivity (Wildman–Crippen MR) is 69.7 cm³/mol. The van der Waals surface area contributed by atoms with Gasteiger partial charge < -0.3 is 4.74 Å². The Bertz CT molecular complexity index is 350. The van der Waals surface area contributed by atoms with E-state index in [4.69, 9.17) is 10.6 Å². The summed E-state index contributed by atoms with van der Waals surface area (Å²) in [4.78, 5) is 12.0. The molecule has 3 N–H and O–H groups in total. The zero-order valence-electron chi connectivity index (χ0n) is 10.4. The lowest BCUT2D eigenvalue weighted by Crippen LogP contribution is -2.30. The van der Waals surface area contributed by atoms with Crippen molar-refractivity contribution in [2.45, 2.75) is 33.3 Å². The minimum absolute atomic E-state index is 0.249. The lowest BCUT2D eigenvalue weighted by Gasteiger charge is -2.06. The SMILES string of the molecule is CC(C)CCCOCc1ccsc1C(=O)NN. The third kappa shape index (κ3) is 4.85. The van der Waals surface area contributed by atoms with Crippen LogP contribution in [-0.2, 0) is 11.3 Å². The van der Waals surface area contributed by atoms with Crippen LogP contribution in [-0.4, -0.2) is 12.5 Å². The van der Waals surface area contributed by atoms with E-state index in [0.29, 0.717) is 17.4 Å². The Balaban J connectivity index is 2.32. The molecule has 1 aromatic rings. The summed E-state index contributed by atoms with van der Waals surface area (Å²) in [6.07, 6.45) is 2.22. The summed E-state index contributed by atoms with van der Waals surface area (Å²) >= 11 is 1.38. The minimum Gasteiger partial charge on any atom is -0.377 e. The van der Waals surface area contributed by atoms with E-state index in [1.807, 2.05) is 11.4 Å². The highest BCUT2D eigenvalue weighted by Crippen LogP contribution is 2.17. The molecular formula is C12H20N2O2S. The number of hydrogen-bond acceptors (Lipinski definition) is 4. The number of carbonyl (C=O) groups excluding carboxylic acids is 1. The van der Waals surface area contributed by atoms with Gasteiger partial charge in [-0.25, -0.2) is 5.84 Å². The van der Waals surface area contributed by atoms with Crippen LogP contribution in [0, 0.1) is 5.92 Å². The highest BCUT2D eigenvalue weighted by atomic mass is 32.1. The molecule has 1 amide bonds. The second-order valence-corrected chi connectivity index (χ2v) is 5.25. The molecule has 0 saturated heterocycles. The van der Waals surface area contributed by atoms with Crippen LogP contribution < -0.4 is 11.3 Å². The standard InChI is InChI=1S/C12H20N2O2S/c1-9(2)4-3-6-16-8-10-5-7-17-11(10)12(15)14-13/h5,7,9H,3-4,6,8,13H2,1-2H3,(H,14,15). The second kappa shape index (κ2) is 7.42. The van der Waals surface area contributed by atoms with Crippen molar-refractivity contribution in [3.05, 3.63) is 21.9 Å². The van der Waals surface area contributed by atoms with E-state index < -0.39 is 0 Å². The number of nitrogen functional groups attached to an aromatic ring is 1. The van der Waals surface area contributed by atoms with E-state index in [-0.39, 0.29) is 5.91 Å². The van der Waals surface area contributed by atoms with E-state index >= 15 is 0 Å². The van der Waals surface area contributed by atoms with Crippen molar-refractivity contribution in [2.24, 2.45) is 11.8 Å². The molecule has 1 heterocycles. The number of ether oxygens (including phenoxy) is 1. The van der Waals surface area contributed by atoms with Crippen LogP contribution in [0.25, 0.3) is 0 Å². The number of nitrogens with two attached hydrogens (primary N) is 1. The molecule has 0 aliphatic carbocycles. The number of amides is 1. The average molecular weight is 256 g/mol. The molecule has 5 heteroatoms. The summed E-state index contributed by atoms with van der Waals surface area (Å²) in [5.74, 6) is 5.57. The topological polar surface area (TPSA) is 64.3 Å². The molecule has 0 fully saturated rings. The maximum Gasteiger partial charge on any atom is 0.275 e. The van der Waals surface area contributed by atoms with Gasteiger partial charge in [0.15, 0.2) is 0 Å². The summed E-state index contributed by atoms with van der Waals surface area (Å²) in [6.45, 7) is 5.60. The van der Waals surface area contributed by atoms with Gasteiger partial charge in [0.1, 0.15) is 0 Å². The molecule has 0 aliphatic rings. The van der Waals surface area contributed by atoms with Gasteiger partial charge in [0, 0.05) is 12.2 Å². The smallest absolute Gasteiger partial charge is 0.275 e. The molecule has 0 bridgehead atoms. The summed E-state index contributed by atoms with van der Waals surface area (Å²) in [5.41, 5.74) is 3.05. The predicted octanol–water partition coefficient (Wildman–Crippen LogP) is 2.30. The number of rotatable bonds is 7. The lowest BCUT2D eigenvalue weighted by atomic mass is 10.1. The number of thiophene rings is 1. The van der Waals surface area contributed by atoms with Crippen molar-refractivity contribution in [3.8, 4) is 0 Å². The van der Waals surface area contributed by atoms with Crippen LogP contribution in [0.15, 0.2) is 11.4 Å². The van der Waals surface area contributed by atoms with E-state index in [1.165, 1.54) is 17.8 Å². The summed E-state index contributed by atoms with van der Waals surface area (Å²) < 4.78 is 5.55. The largest absolute Gasteiger partial charge is 0.377 e. The summed E-state index contributed by atoms with van der Waals surface area (Å²) in [5, 5.41) is 1.87. The summed E-state index contributed by atoms with van der Waals surface area (Å²) in [7, 11) is 0. The van der Waals surface area contributed by atoms with Crippen LogP contribution in [0.4, 0.5) is 0 Å². The van der Waals surface area contributed by atoms with Gasteiger partial charge in [0.25, 0.3) is 5.91 Å². The molecular weight excluding hydrogens is 236 g/mol. The van der Waals surface area contributed by atoms with Crippen LogP contribution in [0.5, 0.6) is 0 Å². The Morgan fingerprint density at radius 1 is 1.59 bits per heavy atom. The van der Waals surface area contributed by atoms with Gasteiger partial charge in [-0.2, -0.15) is 0 Å². The maximum absolute atomic E-state index is 11.4. The van der Waals surface area contributed by atoms with Gasteiger partial charge in [0.05, 0.1) is 11.5 Å². The first-order valence-corrected chi connectivity index (χ1v) is 6.68. The highest BCUT2D eigenvalue weighted by Gasteiger charge is 2.11. The Morgan fingerprint density at radius 2 is 2.35 bits per heavy atom. The molecule has 0 saturated carbocycles. The van der Waals surface area contributed by atoms with Crippen molar-refractivity contribution >= 4 is 17.2 Å².